The summed E-state index contributed by atoms with van der Waals surface area (Å²) in [6.45, 7) is 3.34. The van der Waals surface area contributed by atoms with Crippen molar-refractivity contribution < 1.29 is 13.9 Å². The lowest BCUT2D eigenvalue weighted by Gasteiger charge is -2.09. The van der Waals surface area contributed by atoms with Crippen molar-refractivity contribution in [3.05, 3.63) is 52.6 Å². The van der Waals surface area contributed by atoms with Gasteiger partial charge in [0.25, 0.3) is 5.89 Å². The predicted octanol–water partition coefficient (Wildman–Crippen LogP) is 3.35. The van der Waals surface area contributed by atoms with Crippen LogP contribution in [0.15, 0.2) is 34.7 Å². The Morgan fingerprint density at radius 1 is 1.29 bits per heavy atom. The van der Waals surface area contributed by atoms with E-state index >= 15 is 0 Å². The first kappa shape index (κ1) is 16.2. The zero-order chi connectivity index (χ0) is 17.3. The van der Waals surface area contributed by atoms with E-state index in [0.717, 1.165) is 5.56 Å². The van der Waals surface area contributed by atoms with Gasteiger partial charge in [-0.2, -0.15) is 5.10 Å². The van der Waals surface area contributed by atoms with E-state index in [2.05, 4.69) is 15.3 Å². The molecule has 1 unspecified atom stereocenters. The summed E-state index contributed by atoms with van der Waals surface area (Å²) in [6.07, 6.45) is -0.710. The van der Waals surface area contributed by atoms with E-state index in [9.17, 15) is 4.79 Å². The number of carbonyl (C=O) groups is 1. The highest BCUT2D eigenvalue weighted by Crippen LogP contribution is 2.25. The fourth-order valence-electron chi connectivity index (χ4n) is 2.23. The van der Waals surface area contributed by atoms with E-state index in [1.807, 2.05) is 30.3 Å². The molecule has 2 heterocycles. The van der Waals surface area contributed by atoms with Crippen molar-refractivity contribution >= 4 is 17.6 Å². The molecule has 124 valence electrons. The molecular formula is C16H15ClN4O3. The van der Waals surface area contributed by atoms with E-state index in [1.54, 1.807) is 20.9 Å². The fourth-order valence-corrected chi connectivity index (χ4v) is 2.48. The van der Waals surface area contributed by atoms with Gasteiger partial charge in [-0.05, 0) is 26.0 Å². The van der Waals surface area contributed by atoms with Gasteiger partial charge < -0.3 is 9.15 Å². The molecular weight excluding hydrogens is 332 g/mol. The van der Waals surface area contributed by atoms with Gasteiger partial charge in [-0.3, -0.25) is 4.68 Å². The zero-order valence-corrected chi connectivity index (χ0v) is 14.1. The summed E-state index contributed by atoms with van der Waals surface area (Å²) < 4.78 is 12.4. The summed E-state index contributed by atoms with van der Waals surface area (Å²) in [5, 5.41) is 12.2. The maximum atomic E-state index is 12.3. The molecule has 3 rings (SSSR count). The number of nitrogens with zero attached hydrogens (tertiary/aromatic N) is 4. The molecule has 24 heavy (non-hydrogen) atoms. The van der Waals surface area contributed by atoms with Gasteiger partial charge in [0, 0.05) is 12.6 Å². The van der Waals surface area contributed by atoms with E-state index in [0.29, 0.717) is 11.6 Å². The van der Waals surface area contributed by atoms with Crippen LogP contribution < -0.4 is 0 Å². The fraction of sp³-hybridized carbons (Fsp3) is 0.250. The summed E-state index contributed by atoms with van der Waals surface area (Å²) in [5.74, 6) is -0.0125. The highest BCUT2D eigenvalue weighted by Gasteiger charge is 2.25. The third kappa shape index (κ3) is 3.03. The van der Waals surface area contributed by atoms with Crippen molar-refractivity contribution in [1.29, 1.82) is 0 Å². The van der Waals surface area contributed by atoms with Crippen LogP contribution in [-0.2, 0) is 11.8 Å². The third-order valence-corrected chi connectivity index (χ3v) is 3.88. The monoisotopic (exact) mass is 346 g/mol. The summed E-state index contributed by atoms with van der Waals surface area (Å²) >= 11 is 6.07. The Labute approximate surface area is 143 Å². The van der Waals surface area contributed by atoms with Crippen LogP contribution in [0.4, 0.5) is 0 Å². The van der Waals surface area contributed by atoms with Crippen LogP contribution >= 0.6 is 11.6 Å². The summed E-state index contributed by atoms with van der Waals surface area (Å²) in [5.41, 5.74) is 1.52. The molecule has 0 N–H and O–H groups in total. The first-order valence-electron chi connectivity index (χ1n) is 7.26. The van der Waals surface area contributed by atoms with Crippen molar-refractivity contribution in [2.75, 3.05) is 0 Å². The van der Waals surface area contributed by atoms with Crippen LogP contribution in [0.1, 0.15) is 35.0 Å². The van der Waals surface area contributed by atoms with E-state index in [4.69, 9.17) is 20.8 Å². The minimum absolute atomic E-state index is 0.208. The normalized spacial score (nSPS) is 12.2. The molecule has 0 radical (unpaired) electrons. The second-order valence-electron chi connectivity index (χ2n) is 5.23. The van der Waals surface area contributed by atoms with Crippen LogP contribution in [0.5, 0.6) is 0 Å². The van der Waals surface area contributed by atoms with E-state index < -0.39 is 12.1 Å². The van der Waals surface area contributed by atoms with Gasteiger partial charge in [-0.15, -0.1) is 10.2 Å². The van der Waals surface area contributed by atoms with Gasteiger partial charge in [0.05, 0.1) is 5.69 Å². The molecule has 0 saturated heterocycles. The molecule has 0 aliphatic carbocycles. The lowest BCUT2D eigenvalue weighted by molar-refractivity contribution is 0.0279. The number of carbonyl (C=O) groups excluding carboxylic acids is 1. The summed E-state index contributed by atoms with van der Waals surface area (Å²) in [7, 11) is 1.65. The minimum Gasteiger partial charge on any atom is -0.449 e. The Bertz CT molecular complexity index is 873. The first-order valence-corrected chi connectivity index (χ1v) is 7.64. The van der Waals surface area contributed by atoms with Crippen LogP contribution in [0, 0.1) is 6.92 Å². The molecule has 0 spiro atoms. The molecule has 8 heteroatoms. The van der Waals surface area contributed by atoms with Crippen LogP contribution in [0.2, 0.25) is 5.15 Å². The average Bonchev–Trinajstić information content (AvgIpc) is 3.14. The predicted molar refractivity (Wildman–Crippen MR) is 86.5 cm³/mol. The van der Waals surface area contributed by atoms with Crippen molar-refractivity contribution in [3.8, 4) is 11.5 Å². The van der Waals surface area contributed by atoms with Crippen LogP contribution in [0.3, 0.4) is 0 Å². The highest BCUT2D eigenvalue weighted by atomic mass is 35.5. The van der Waals surface area contributed by atoms with Crippen LogP contribution in [-0.4, -0.2) is 25.9 Å². The number of rotatable bonds is 4. The number of halogens is 1. The summed E-state index contributed by atoms with van der Waals surface area (Å²) in [4.78, 5) is 12.3. The Morgan fingerprint density at radius 3 is 2.62 bits per heavy atom. The lowest BCUT2D eigenvalue weighted by Crippen LogP contribution is -2.10. The molecule has 1 atom stereocenters. The molecule has 7 nitrogen and oxygen atoms in total. The maximum Gasteiger partial charge on any atom is 0.343 e. The Hall–Kier alpha value is -2.67. The molecule has 1 aromatic carbocycles. The number of esters is 1. The molecule has 0 bridgehead atoms. The van der Waals surface area contributed by atoms with Crippen molar-refractivity contribution in [3.63, 3.8) is 0 Å². The van der Waals surface area contributed by atoms with Crippen LogP contribution in [0.25, 0.3) is 11.5 Å². The minimum atomic E-state index is -0.710. The molecule has 0 fully saturated rings. The Balaban J connectivity index is 1.77. The molecule has 0 saturated carbocycles. The van der Waals surface area contributed by atoms with Gasteiger partial charge in [0.1, 0.15) is 10.7 Å². The number of aryl methyl sites for hydroxylation is 2. The zero-order valence-electron chi connectivity index (χ0n) is 13.4. The van der Waals surface area contributed by atoms with Crippen molar-refractivity contribution in [2.45, 2.75) is 20.0 Å². The van der Waals surface area contributed by atoms with Gasteiger partial charge in [-0.25, -0.2) is 4.79 Å². The van der Waals surface area contributed by atoms with Crippen molar-refractivity contribution in [1.82, 2.24) is 20.0 Å². The SMILES string of the molecule is Cc1nn(C)c(Cl)c1C(=O)OC(C)c1nnc(-c2ccccc2)o1. The Kier molecular flexibility index (Phi) is 4.35. The number of hydrogen-bond acceptors (Lipinski definition) is 6. The highest BCUT2D eigenvalue weighted by molar-refractivity contribution is 6.32. The van der Waals surface area contributed by atoms with Gasteiger partial charge >= 0.3 is 5.97 Å². The molecule has 0 aliphatic heterocycles. The standard InChI is InChI=1S/C16H15ClN4O3/c1-9-12(13(17)21(3)20-9)16(22)23-10(2)14-18-19-15(24-14)11-7-5-4-6-8-11/h4-8,10H,1-3H3. The molecule has 2 aromatic heterocycles. The molecule has 3 aromatic rings. The maximum absolute atomic E-state index is 12.3. The smallest absolute Gasteiger partial charge is 0.343 e. The molecule has 0 aliphatic rings. The average molecular weight is 347 g/mol. The second kappa shape index (κ2) is 6.45. The quantitative estimate of drug-likeness (QED) is 0.674. The third-order valence-electron chi connectivity index (χ3n) is 3.45. The van der Waals surface area contributed by atoms with E-state index in [-0.39, 0.29) is 16.6 Å². The summed E-state index contributed by atoms with van der Waals surface area (Å²) in [6, 6.07) is 9.34. The Morgan fingerprint density at radius 2 is 2.00 bits per heavy atom. The van der Waals surface area contributed by atoms with Gasteiger partial charge in [0.2, 0.25) is 5.89 Å². The second-order valence-corrected chi connectivity index (χ2v) is 5.59. The number of ether oxygens (including phenoxy) is 1. The first-order chi connectivity index (χ1) is 11.5. The largest absolute Gasteiger partial charge is 0.449 e. The topological polar surface area (TPSA) is 83.0 Å². The number of hydrogen-bond donors (Lipinski definition) is 0. The van der Waals surface area contributed by atoms with Gasteiger partial charge in [-0.1, -0.05) is 29.8 Å². The lowest BCUT2D eigenvalue weighted by atomic mass is 10.2. The van der Waals surface area contributed by atoms with Gasteiger partial charge in [0.15, 0.2) is 6.10 Å². The number of benzene rings is 1. The van der Waals surface area contributed by atoms with E-state index in [1.165, 1.54) is 4.68 Å². The van der Waals surface area contributed by atoms with Crippen molar-refractivity contribution in [2.24, 2.45) is 7.05 Å². The number of aromatic nitrogens is 4. The molecule has 0 amide bonds.